The lowest BCUT2D eigenvalue weighted by molar-refractivity contribution is 0.171. The minimum Gasteiger partial charge on any atom is -0.497 e. The number of para-hydroxylation sites is 2. The normalized spacial score (nSPS) is 18.0. The molecular formula is C23H28N6O3. The summed E-state index contributed by atoms with van der Waals surface area (Å²) in [4.78, 5) is 14.3. The third-order valence-corrected chi connectivity index (χ3v) is 5.92. The second-order valence-electron chi connectivity index (χ2n) is 7.86. The maximum Gasteiger partial charge on any atom is 0.216 e. The molecule has 0 amide bonds. The quantitative estimate of drug-likeness (QED) is 0.571. The fourth-order valence-electron chi connectivity index (χ4n) is 4.34. The number of rotatable bonds is 7. The Hall–Kier alpha value is -3.30. The lowest BCUT2D eigenvalue weighted by Crippen LogP contribution is -2.57. The van der Waals surface area contributed by atoms with Crippen LogP contribution in [0.15, 0.2) is 47.5 Å². The number of aliphatic imine (C=N–C) groups is 1. The van der Waals surface area contributed by atoms with E-state index in [1.807, 2.05) is 36.4 Å². The minimum atomic E-state index is -0.215. The molecule has 0 saturated heterocycles. The van der Waals surface area contributed by atoms with Crippen molar-refractivity contribution in [2.75, 3.05) is 52.7 Å². The van der Waals surface area contributed by atoms with Crippen molar-refractivity contribution >= 4 is 22.9 Å². The molecule has 9 nitrogen and oxygen atoms in total. The van der Waals surface area contributed by atoms with Gasteiger partial charge in [0.15, 0.2) is 0 Å². The second kappa shape index (κ2) is 8.68. The monoisotopic (exact) mass is 436 g/mol. The molecule has 0 aliphatic carbocycles. The standard InChI is InChI=1S/C23H28N6O3/c1-30-12-6-11-27-14-24-22-26-21(17-10-9-16(31-2)13-20(17)32-3)29-19-8-5-4-7-18(19)25-23(29)28(22)15-27/h4-5,7-10,13,21H,6,11-12,14-15H2,1-3H3,(H,24,26). The van der Waals surface area contributed by atoms with Gasteiger partial charge in [0.1, 0.15) is 17.7 Å². The number of hydrogen-bond donors (Lipinski definition) is 1. The third-order valence-electron chi connectivity index (χ3n) is 5.92. The fourth-order valence-corrected chi connectivity index (χ4v) is 4.34. The van der Waals surface area contributed by atoms with Crippen molar-refractivity contribution in [2.24, 2.45) is 4.99 Å². The molecule has 1 N–H and O–H groups in total. The number of aromatic nitrogens is 2. The highest BCUT2D eigenvalue weighted by molar-refractivity contribution is 5.99. The van der Waals surface area contributed by atoms with Crippen LogP contribution >= 0.6 is 0 Å². The number of benzene rings is 2. The first-order valence-electron chi connectivity index (χ1n) is 10.7. The van der Waals surface area contributed by atoms with Gasteiger partial charge < -0.3 is 19.5 Å². The Balaban J connectivity index is 1.59. The van der Waals surface area contributed by atoms with Gasteiger partial charge >= 0.3 is 0 Å². The first-order valence-corrected chi connectivity index (χ1v) is 10.7. The van der Waals surface area contributed by atoms with Crippen LogP contribution in [-0.2, 0) is 4.74 Å². The fraction of sp³-hybridized carbons (Fsp3) is 0.391. The Labute approximate surface area is 187 Å². The molecule has 3 heterocycles. The molecular weight excluding hydrogens is 408 g/mol. The Kier molecular flexibility index (Phi) is 5.59. The van der Waals surface area contributed by atoms with Crippen LogP contribution in [0.3, 0.4) is 0 Å². The molecule has 3 aromatic rings. The van der Waals surface area contributed by atoms with Gasteiger partial charge in [-0.15, -0.1) is 0 Å². The van der Waals surface area contributed by atoms with Crippen LogP contribution in [0.5, 0.6) is 11.5 Å². The molecule has 0 saturated carbocycles. The molecule has 32 heavy (non-hydrogen) atoms. The van der Waals surface area contributed by atoms with Gasteiger partial charge in [-0.1, -0.05) is 12.1 Å². The molecule has 2 aliphatic rings. The molecule has 2 aromatic carbocycles. The van der Waals surface area contributed by atoms with Gasteiger partial charge in [-0.25, -0.2) is 9.98 Å². The smallest absolute Gasteiger partial charge is 0.216 e. The second-order valence-corrected chi connectivity index (χ2v) is 7.86. The van der Waals surface area contributed by atoms with Crippen molar-refractivity contribution in [2.45, 2.75) is 12.6 Å². The Bertz CT molecular complexity index is 1140. The van der Waals surface area contributed by atoms with Gasteiger partial charge in [0.2, 0.25) is 11.9 Å². The van der Waals surface area contributed by atoms with E-state index >= 15 is 0 Å². The number of fused-ring (bicyclic) bond motifs is 5. The van der Waals surface area contributed by atoms with Gasteiger partial charge in [0.05, 0.1) is 38.6 Å². The number of ether oxygens (including phenoxy) is 3. The van der Waals surface area contributed by atoms with E-state index in [0.29, 0.717) is 13.3 Å². The highest BCUT2D eigenvalue weighted by Gasteiger charge is 2.36. The molecule has 0 radical (unpaired) electrons. The summed E-state index contributed by atoms with van der Waals surface area (Å²) in [5.74, 6) is 3.18. The lowest BCUT2D eigenvalue weighted by Gasteiger charge is -2.42. The summed E-state index contributed by atoms with van der Waals surface area (Å²) in [5, 5.41) is 3.63. The van der Waals surface area contributed by atoms with Crippen molar-refractivity contribution in [3.63, 3.8) is 0 Å². The number of nitrogens with one attached hydrogen (secondary N) is 1. The Morgan fingerprint density at radius 3 is 2.78 bits per heavy atom. The van der Waals surface area contributed by atoms with Crippen molar-refractivity contribution in [1.29, 1.82) is 0 Å². The molecule has 0 bridgehead atoms. The zero-order chi connectivity index (χ0) is 22.1. The van der Waals surface area contributed by atoms with E-state index < -0.39 is 0 Å². The van der Waals surface area contributed by atoms with Gasteiger partial charge in [-0.05, 0) is 30.7 Å². The van der Waals surface area contributed by atoms with E-state index in [9.17, 15) is 0 Å². The molecule has 1 unspecified atom stereocenters. The third kappa shape index (κ3) is 3.53. The van der Waals surface area contributed by atoms with E-state index in [2.05, 4.69) is 25.8 Å². The van der Waals surface area contributed by atoms with Gasteiger partial charge in [0.25, 0.3) is 0 Å². The molecule has 168 valence electrons. The van der Waals surface area contributed by atoms with Crippen molar-refractivity contribution in [3.8, 4) is 11.5 Å². The van der Waals surface area contributed by atoms with Crippen LogP contribution in [0.1, 0.15) is 18.2 Å². The summed E-state index contributed by atoms with van der Waals surface area (Å²) < 4.78 is 18.6. The van der Waals surface area contributed by atoms with Crippen molar-refractivity contribution in [3.05, 3.63) is 48.0 Å². The van der Waals surface area contributed by atoms with Crippen LogP contribution < -0.4 is 19.7 Å². The van der Waals surface area contributed by atoms with Gasteiger partial charge in [-0.3, -0.25) is 14.4 Å². The summed E-state index contributed by atoms with van der Waals surface area (Å²) >= 11 is 0. The molecule has 0 fully saturated rings. The zero-order valence-electron chi connectivity index (χ0n) is 18.6. The van der Waals surface area contributed by atoms with E-state index in [4.69, 9.17) is 24.2 Å². The SMILES string of the molecule is COCCCN1CN=C2NC(c3ccc(OC)cc3OC)n3c(nc4ccccc43)N2C1. The van der Waals surface area contributed by atoms with Crippen LogP contribution in [-0.4, -0.2) is 68.2 Å². The minimum absolute atomic E-state index is 0.215. The maximum atomic E-state index is 5.73. The molecule has 1 atom stereocenters. The summed E-state index contributed by atoms with van der Waals surface area (Å²) in [6.07, 6.45) is 0.748. The number of anilines is 1. The average molecular weight is 437 g/mol. The maximum absolute atomic E-state index is 5.73. The topological polar surface area (TPSA) is 76.4 Å². The number of guanidine groups is 1. The number of hydrogen-bond acceptors (Lipinski definition) is 8. The molecule has 1 aromatic heterocycles. The molecule has 9 heteroatoms. The Morgan fingerprint density at radius 1 is 1.09 bits per heavy atom. The van der Waals surface area contributed by atoms with E-state index in [1.54, 1.807) is 21.3 Å². The largest absolute Gasteiger partial charge is 0.497 e. The van der Waals surface area contributed by atoms with Crippen LogP contribution in [0.2, 0.25) is 0 Å². The lowest BCUT2D eigenvalue weighted by atomic mass is 10.1. The highest BCUT2D eigenvalue weighted by atomic mass is 16.5. The van der Waals surface area contributed by atoms with E-state index in [1.165, 1.54) is 0 Å². The van der Waals surface area contributed by atoms with Gasteiger partial charge in [0, 0.05) is 31.9 Å². The first kappa shape index (κ1) is 20.6. The first-order chi connectivity index (χ1) is 15.7. The highest BCUT2D eigenvalue weighted by Crippen LogP contribution is 2.38. The zero-order valence-corrected chi connectivity index (χ0v) is 18.6. The number of nitrogens with zero attached hydrogens (tertiary/aromatic N) is 5. The van der Waals surface area contributed by atoms with E-state index in [0.717, 1.165) is 59.6 Å². The molecule has 0 spiro atoms. The van der Waals surface area contributed by atoms with E-state index in [-0.39, 0.29) is 6.17 Å². The van der Waals surface area contributed by atoms with Crippen LogP contribution in [0.4, 0.5) is 5.95 Å². The molecule has 2 aliphatic heterocycles. The molecule has 5 rings (SSSR count). The van der Waals surface area contributed by atoms with Crippen molar-refractivity contribution in [1.82, 2.24) is 19.8 Å². The predicted octanol–water partition coefficient (Wildman–Crippen LogP) is 2.63. The van der Waals surface area contributed by atoms with Crippen LogP contribution in [0, 0.1) is 0 Å². The predicted molar refractivity (Wildman–Crippen MR) is 123 cm³/mol. The summed E-state index contributed by atoms with van der Waals surface area (Å²) in [7, 11) is 5.06. The van der Waals surface area contributed by atoms with Gasteiger partial charge in [-0.2, -0.15) is 0 Å². The number of methoxy groups -OCH3 is 3. The number of imidazole rings is 1. The van der Waals surface area contributed by atoms with Crippen molar-refractivity contribution < 1.29 is 14.2 Å². The average Bonchev–Trinajstić information content (AvgIpc) is 3.23. The Morgan fingerprint density at radius 2 is 1.97 bits per heavy atom. The van der Waals surface area contributed by atoms with Crippen LogP contribution in [0.25, 0.3) is 11.0 Å². The summed E-state index contributed by atoms with van der Waals surface area (Å²) in [5.41, 5.74) is 2.98. The summed E-state index contributed by atoms with van der Waals surface area (Å²) in [6, 6.07) is 14.1. The summed E-state index contributed by atoms with van der Waals surface area (Å²) in [6.45, 7) is 3.00.